The van der Waals surface area contributed by atoms with E-state index >= 15 is 0 Å². The lowest BCUT2D eigenvalue weighted by molar-refractivity contribution is 0.121. The molecule has 0 aliphatic rings. The van der Waals surface area contributed by atoms with Crippen LogP contribution in [0.3, 0.4) is 0 Å². The van der Waals surface area contributed by atoms with Gasteiger partial charge in [-0.15, -0.1) is 0 Å². The maximum absolute atomic E-state index is 10.7. The molecule has 0 heterocycles. The Hall–Kier alpha value is -1.06. The average molecular weight is 322 g/mol. The summed E-state index contributed by atoms with van der Waals surface area (Å²) in [6, 6.07) is 3.47. The topological polar surface area (TPSA) is 66.5 Å². The summed E-state index contributed by atoms with van der Waals surface area (Å²) in [7, 11) is 0. The van der Waals surface area contributed by atoms with E-state index in [0.717, 1.165) is 16.7 Å². The van der Waals surface area contributed by atoms with Gasteiger partial charge in [0.05, 0.1) is 12.1 Å². The van der Waals surface area contributed by atoms with Gasteiger partial charge in [0, 0.05) is 0 Å². The zero-order valence-electron chi connectivity index (χ0n) is 16.1. The monoisotopic (exact) mass is 321 g/mol. The Morgan fingerprint density at radius 3 is 1.65 bits per heavy atom. The molecule has 0 spiro atoms. The number of rotatable bonds is 4. The predicted molar refractivity (Wildman–Crippen MR) is 97.9 cm³/mol. The van der Waals surface area contributed by atoms with Gasteiger partial charge in [-0.25, -0.2) is 0 Å². The van der Waals surface area contributed by atoms with Gasteiger partial charge in [-0.05, 0) is 52.0 Å². The quantitative estimate of drug-likeness (QED) is 0.770. The number of hydrogen-bond donors (Lipinski definition) is 3. The highest BCUT2D eigenvalue weighted by Gasteiger charge is 2.29. The molecular weight excluding hydrogens is 286 g/mol. The SMILES string of the molecule is CC(C)C[C@H](O)[C@H](N)c1cc(C(C)(C)C)c(O)c(C(C)(C)C)c1. The summed E-state index contributed by atoms with van der Waals surface area (Å²) in [6.45, 7) is 16.6. The smallest absolute Gasteiger partial charge is 0.123 e. The van der Waals surface area contributed by atoms with Gasteiger partial charge in [-0.2, -0.15) is 0 Å². The van der Waals surface area contributed by atoms with Crippen molar-refractivity contribution in [3.05, 3.63) is 28.8 Å². The first-order chi connectivity index (χ1) is 10.2. The van der Waals surface area contributed by atoms with Crippen LogP contribution in [0.4, 0.5) is 0 Å². The third-order valence-corrected chi connectivity index (χ3v) is 4.26. The molecule has 0 amide bonds. The van der Waals surface area contributed by atoms with E-state index in [1.54, 1.807) is 0 Å². The van der Waals surface area contributed by atoms with E-state index in [9.17, 15) is 10.2 Å². The fraction of sp³-hybridized carbons (Fsp3) is 0.700. The molecule has 132 valence electrons. The molecule has 0 saturated heterocycles. The van der Waals surface area contributed by atoms with Crippen molar-refractivity contribution in [2.75, 3.05) is 0 Å². The Morgan fingerprint density at radius 1 is 0.957 bits per heavy atom. The highest BCUT2D eigenvalue weighted by Crippen LogP contribution is 2.41. The summed E-state index contributed by atoms with van der Waals surface area (Å²) in [5.74, 6) is 0.733. The van der Waals surface area contributed by atoms with Crippen LogP contribution < -0.4 is 5.73 Å². The molecule has 1 aromatic carbocycles. The minimum absolute atomic E-state index is 0.192. The molecule has 0 saturated carbocycles. The number of nitrogens with two attached hydrogens (primary N) is 1. The highest BCUT2D eigenvalue weighted by atomic mass is 16.3. The minimum atomic E-state index is -0.583. The number of aliphatic hydroxyl groups is 1. The van der Waals surface area contributed by atoms with Crippen molar-refractivity contribution in [2.24, 2.45) is 11.7 Å². The molecule has 4 N–H and O–H groups in total. The number of phenolic OH excluding ortho intramolecular Hbond substituents is 1. The van der Waals surface area contributed by atoms with Crippen LogP contribution in [-0.2, 0) is 10.8 Å². The van der Waals surface area contributed by atoms with Gasteiger partial charge in [0.15, 0.2) is 0 Å². The van der Waals surface area contributed by atoms with Gasteiger partial charge in [-0.3, -0.25) is 0 Å². The van der Waals surface area contributed by atoms with E-state index in [2.05, 4.69) is 55.4 Å². The first-order valence-corrected chi connectivity index (χ1v) is 8.56. The second kappa shape index (κ2) is 6.82. The molecular formula is C20H35NO2. The van der Waals surface area contributed by atoms with Crippen molar-refractivity contribution in [3.8, 4) is 5.75 Å². The standard InChI is InChI=1S/C20H35NO2/c1-12(2)9-16(22)17(21)13-10-14(19(3,4)5)18(23)15(11-13)20(6,7)8/h10-12,16-17,22-23H,9,21H2,1-8H3/t16-,17+/m0/s1. The maximum atomic E-state index is 10.7. The van der Waals surface area contributed by atoms with E-state index in [4.69, 9.17) is 5.73 Å². The van der Waals surface area contributed by atoms with Gasteiger partial charge in [0.2, 0.25) is 0 Å². The number of phenols is 1. The number of aliphatic hydroxyl groups excluding tert-OH is 1. The molecule has 23 heavy (non-hydrogen) atoms. The average Bonchev–Trinajstić information content (AvgIpc) is 2.34. The zero-order valence-corrected chi connectivity index (χ0v) is 16.1. The number of benzene rings is 1. The molecule has 1 rings (SSSR count). The second-order valence-electron chi connectivity index (χ2n) is 9.19. The Balaban J connectivity index is 3.44. The molecule has 2 atom stereocenters. The molecule has 0 aliphatic heterocycles. The summed E-state index contributed by atoms with van der Waals surface area (Å²) >= 11 is 0. The van der Waals surface area contributed by atoms with Crippen LogP contribution in [0.1, 0.15) is 84.5 Å². The van der Waals surface area contributed by atoms with Crippen LogP contribution in [0, 0.1) is 5.92 Å². The molecule has 1 aromatic rings. The van der Waals surface area contributed by atoms with Crippen molar-refractivity contribution >= 4 is 0 Å². The predicted octanol–water partition coefficient (Wildman–Crippen LogP) is 4.39. The lowest BCUT2D eigenvalue weighted by Crippen LogP contribution is -2.29. The van der Waals surface area contributed by atoms with Crippen LogP contribution in [0.25, 0.3) is 0 Å². The lowest BCUT2D eigenvalue weighted by Gasteiger charge is -2.30. The zero-order chi connectivity index (χ0) is 18.2. The summed E-state index contributed by atoms with van der Waals surface area (Å²) < 4.78 is 0. The van der Waals surface area contributed by atoms with E-state index in [0.29, 0.717) is 18.1 Å². The summed E-state index contributed by atoms with van der Waals surface area (Å²) in [5.41, 5.74) is 8.60. The molecule has 0 aromatic heterocycles. The molecule has 0 bridgehead atoms. The van der Waals surface area contributed by atoms with Crippen LogP contribution >= 0.6 is 0 Å². The fourth-order valence-corrected chi connectivity index (χ4v) is 2.84. The number of hydrogen-bond acceptors (Lipinski definition) is 3. The van der Waals surface area contributed by atoms with E-state index < -0.39 is 12.1 Å². The largest absolute Gasteiger partial charge is 0.507 e. The molecule has 0 radical (unpaired) electrons. The van der Waals surface area contributed by atoms with Crippen molar-refractivity contribution in [1.82, 2.24) is 0 Å². The van der Waals surface area contributed by atoms with Crippen molar-refractivity contribution in [2.45, 2.75) is 84.8 Å². The molecule has 0 aliphatic carbocycles. The van der Waals surface area contributed by atoms with Gasteiger partial charge in [-0.1, -0.05) is 55.4 Å². The fourth-order valence-electron chi connectivity index (χ4n) is 2.84. The van der Waals surface area contributed by atoms with Crippen LogP contribution in [0.5, 0.6) is 5.75 Å². The molecule has 0 unspecified atom stereocenters. The van der Waals surface area contributed by atoms with Crippen molar-refractivity contribution < 1.29 is 10.2 Å². The van der Waals surface area contributed by atoms with Crippen molar-refractivity contribution in [1.29, 1.82) is 0 Å². The first kappa shape index (κ1) is 20.0. The highest BCUT2D eigenvalue weighted by molar-refractivity contribution is 5.50. The molecule has 3 nitrogen and oxygen atoms in total. The Bertz CT molecular complexity index is 501. The van der Waals surface area contributed by atoms with Gasteiger partial charge in [0.1, 0.15) is 5.75 Å². The lowest BCUT2D eigenvalue weighted by atomic mass is 9.77. The summed E-state index contributed by atoms with van der Waals surface area (Å²) in [5, 5.41) is 21.2. The van der Waals surface area contributed by atoms with Gasteiger partial charge >= 0.3 is 0 Å². The van der Waals surface area contributed by atoms with Crippen molar-refractivity contribution in [3.63, 3.8) is 0 Å². The summed E-state index contributed by atoms with van der Waals surface area (Å²) in [6.07, 6.45) is 0.0813. The minimum Gasteiger partial charge on any atom is -0.507 e. The van der Waals surface area contributed by atoms with Gasteiger partial charge in [0.25, 0.3) is 0 Å². The normalized spacial score (nSPS) is 15.8. The van der Waals surface area contributed by atoms with E-state index in [-0.39, 0.29) is 10.8 Å². The summed E-state index contributed by atoms with van der Waals surface area (Å²) in [4.78, 5) is 0. The van der Waals surface area contributed by atoms with Crippen LogP contribution in [0.15, 0.2) is 12.1 Å². The van der Waals surface area contributed by atoms with Gasteiger partial charge < -0.3 is 15.9 Å². The molecule has 0 fully saturated rings. The Morgan fingerprint density at radius 2 is 1.35 bits per heavy atom. The third-order valence-electron chi connectivity index (χ3n) is 4.26. The van der Waals surface area contributed by atoms with Crippen LogP contribution in [-0.4, -0.2) is 16.3 Å². The van der Waals surface area contributed by atoms with E-state index in [1.165, 1.54) is 0 Å². The second-order valence-corrected chi connectivity index (χ2v) is 9.19. The number of aromatic hydroxyl groups is 1. The van der Waals surface area contributed by atoms with E-state index in [1.807, 2.05) is 12.1 Å². The first-order valence-electron chi connectivity index (χ1n) is 8.56. The Kier molecular flexibility index (Phi) is 5.93. The molecule has 3 heteroatoms. The third kappa shape index (κ3) is 4.95. The Labute approximate surface area is 141 Å². The maximum Gasteiger partial charge on any atom is 0.123 e. The van der Waals surface area contributed by atoms with Crippen LogP contribution in [0.2, 0.25) is 0 Å².